The van der Waals surface area contributed by atoms with Gasteiger partial charge in [0.25, 0.3) is 0 Å². The van der Waals surface area contributed by atoms with Gasteiger partial charge in [0, 0.05) is 6.04 Å². The summed E-state index contributed by atoms with van der Waals surface area (Å²) in [7, 11) is 0. The SMILES string of the molecule is CCCC1CCC(O)CC1N1CCC2(CC1)CC2. The summed E-state index contributed by atoms with van der Waals surface area (Å²) in [6.45, 7) is 4.91. The zero-order chi connectivity index (χ0) is 12.6. The lowest BCUT2D eigenvalue weighted by molar-refractivity contribution is 0.00660. The van der Waals surface area contributed by atoms with E-state index in [1.54, 1.807) is 0 Å². The molecule has 3 aliphatic rings. The predicted octanol–water partition coefficient (Wildman–Crippen LogP) is 3.19. The average molecular weight is 251 g/mol. The fourth-order valence-corrected chi connectivity index (χ4v) is 4.35. The van der Waals surface area contributed by atoms with Gasteiger partial charge in [-0.3, -0.25) is 4.90 Å². The van der Waals surface area contributed by atoms with Crippen molar-refractivity contribution in [2.45, 2.75) is 76.9 Å². The van der Waals surface area contributed by atoms with Gasteiger partial charge in [-0.05, 0) is 75.8 Å². The first-order chi connectivity index (χ1) is 8.72. The third-order valence-corrected chi connectivity index (χ3v) is 5.87. The maximum absolute atomic E-state index is 9.98. The van der Waals surface area contributed by atoms with Crippen molar-refractivity contribution >= 4 is 0 Å². The monoisotopic (exact) mass is 251 g/mol. The van der Waals surface area contributed by atoms with Gasteiger partial charge in [-0.25, -0.2) is 0 Å². The van der Waals surface area contributed by atoms with Crippen LogP contribution in [0.2, 0.25) is 0 Å². The molecular weight excluding hydrogens is 222 g/mol. The van der Waals surface area contributed by atoms with Crippen LogP contribution in [0.25, 0.3) is 0 Å². The highest BCUT2D eigenvalue weighted by atomic mass is 16.3. The van der Waals surface area contributed by atoms with E-state index in [1.165, 1.54) is 58.0 Å². The third-order valence-electron chi connectivity index (χ3n) is 5.87. The number of likely N-dealkylation sites (tertiary alicyclic amines) is 1. The second-order valence-electron chi connectivity index (χ2n) is 7.12. The molecule has 3 unspecified atom stereocenters. The molecule has 3 atom stereocenters. The van der Waals surface area contributed by atoms with E-state index in [0.717, 1.165) is 24.2 Å². The molecule has 1 saturated heterocycles. The molecular formula is C16H29NO. The molecule has 3 rings (SSSR count). The molecule has 0 radical (unpaired) electrons. The van der Waals surface area contributed by atoms with Gasteiger partial charge >= 0.3 is 0 Å². The summed E-state index contributed by atoms with van der Waals surface area (Å²) in [5, 5.41) is 9.98. The Hall–Kier alpha value is -0.0800. The maximum Gasteiger partial charge on any atom is 0.0555 e. The van der Waals surface area contributed by atoms with E-state index < -0.39 is 0 Å². The molecule has 2 aliphatic carbocycles. The first-order valence-corrected chi connectivity index (χ1v) is 8.14. The van der Waals surface area contributed by atoms with E-state index in [1.807, 2.05) is 0 Å². The van der Waals surface area contributed by atoms with Crippen LogP contribution in [0.4, 0.5) is 0 Å². The molecule has 0 aromatic heterocycles. The molecule has 18 heavy (non-hydrogen) atoms. The van der Waals surface area contributed by atoms with Gasteiger partial charge in [0.15, 0.2) is 0 Å². The summed E-state index contributed by atoms with van der Waals surface area (Å²) in [6, 6.07) is 0.685. The van der Waals surface area contributed by atoms with Crippen LogP contribution < -0.4 is 0 Å². The minimum absolute atomic E-state index is 0.0279. The van der Waals surface area contributed by atoms with E-state index in [4.69, 9.17) is 0 Å². The van der Waals surface area contributed by atoms with Crippen LogP contribution in [0.3, 0.4) is 0 Å². The molecule has 0 amide bonds. The molecule has 1 N–H and O–H groups in total. The third kappa shape index (κ3) is 2.60. The summed E-state index contributed by atoms with van der Waals surface area (Å²) < 4.78 is 0. The summed E-state index contributed by atoms with van der Waals surface area (Å²) >= 11 is 0. The zero-order valence-corrected chi connectivity index (χ0v) is 11.9. The molecule has 1 spiro atoms. The number of rotatable bonds is 3. The van der Waals surface area contributed by atoms with Crippen LogP contribution in [0.1, 0.15) is 64.7 Å². The molecule has 2 saturated carbocycles. The average Bonchev–Trinajstić information content (AvgIpc) is 3.13. The van der Waals surface area contributed by atoms with E-state index in [0.29, 0.717) is 6.04 Å². The molecule has 1 aliphatic heterocycles. The Balaban J connectivity index is 1.60. The van der Waals surface area contributed by atoms with Crippen molar-refractivity contribution in [1.82, 2.24) is 4.90 Å². The van der Waals surface area contributed by atoms with Crippen molar-refractivity contribution in [3.8, 4) is 0 Å². The molecule has 2 nitrogen and oxygen atoms in total. The summed E-state index contributed by atoms with van der Waals surface area (Å²) in [5.41, 5.74) is 0.782. The quantitative estimate of drug-likeness (QED) is 0.832. The normalized spacial score (nSPS) is 40.0. The summed E-state index contributed by atoms with van der Waals surface area (Å²) in [5.74, 6) is 0.853. The van der Waals surface area contributed by atoms with E-state index in [-0.39, 0.29) is 6.10 Å². The van der Waals surface area contributed by atoms with Gasteiger partial charge in [0.2, 0.25) is 0 Å². The van der Waals surface area contributed by atoms with Crippen LogP contribution in [0.5, 0.6) is 0 Å². The van der Waals surface area contributed by atoms with Gasteiger partial charge in [-0.2, -0.15) is 0 Å². The minimum Gasteiger partial charge on any atom is -0.393 e. The number of aliphatic hydroxyl groups is 1. The maximum atomic E-state index is 9.98. The summed E-state index contributed by atoms with van der Waals surface area (Å²) in [4.78, 5) is 2.73. The molecule has 3 fully saturated rings. The number of hydrogen-bond donors (Lipinski definition) is 1. The highest BCUT2D eigenvalue weighted by Crippen LogP contribution is 2.54. The van der Waals surface area contributed by atoms with Crippen molar-refractivity contribution in [1.29, 1.82) is 0 Å². The second kappa shape index (κ2) is 5.13. The molecule has 0 bridgehead atoms. The van der Waals surface area contributed by atoms with Gasteiger partial charge in [-0.15, -0.1) is 0 Å². The van der Waals surface area contributed by atoms with Crippen LogP contribution >= 0.6 is 0 Å². The lowest BCUT2D eigenvalue weighted by atomic mass is 9.78. The van der Waals surface area contributed by atoms with E-state index in [2.05, 4.69) is 11.8 Å². The highest BCUT2D eigenvalue weighted by molar-refractivity contribution is 4.99. The van der Waals surface area contributed by atoms with Crippen LogP contribution in [-0.4, -0.2) is 35.2 Å². The molecule has 2 heteroatoms. The van der Waals surface area contributed by atoms with Crippen molar-refractivity contribution in [2.75, 3.05) is 13.1 Å². The van der Waals surface area contributed by atoms with E-state index in [9.17, 15) is 5.11 Å². The Bertz CT molecular complexity index is 277. The number of aliphatic hydroxyl groups excluding tert-OH is 1. The van der Waals surface area contributed by atoms with Gasteiger partial charge in [0.05, 0.1) is 6.10 Å². The Kier molecular flexibility index (Phi) is 3.68. The van der Waals surface area contributed by atoms with Crippen molar-refractivity contribution < 1.29 is 5.11 Å². The smallest absolute Gasteiger partial charge is 0.0555 e. The number of nitrogens with zero attached hydrogens (tertiary/aromatic N) is 1. The lowest BCUT2D eigenvalue weighted by Gasteiger charge is -2.45. The van der Waals surface area contributed by atoms with Crippen molar-refractivity contribution in [3.05, 3.63) is 0 Å². The first-order valence-electron chi connectivity index (χ1n) is 8.14. The Morgan fingerprint density at radius 2 is 1.83 bits per heavy atom. The number of piperidine rings is 1. The van der Waals surface area contributed by atoms with E-state index >= 15 is 0 Å². The minimum atomic E-state index is -0.0279. The van der Waals surface area contributed by atoms with Gasteiger partial charge < -0.3 is 5.11 Å². The Morgan fingerprint density at radius 1 is 1.11 bits per heavy atom. The summed E-state index contributed by atoms with van der Waals surface area (Å²) in [6.07, 6.45) is 11.8. The molecule has 104 valence electrons. The molecule has 1 heterocycles. The van der Waals surface area contributed by atoms with Crippen molar-refractivity contribution in [3.63, 3.8) is 0 Å². The Morgan fingerprint density at radius 3 is 2.44 bits per heavy atom. The van der Waals surface area contributed by atoms with Crippen LogP contribution in [0.15, 0.2) is 0 Å². The molecule has 0 aromatic rings. The molecule has 0 aromatic carbocycles. The standard InChI is InChI=1S/C16H29NO/c1-2-3-13-4-5-14(18)12-15(13)17-10-8-16(6-7-16)9-11-17/h13-15,18H,2-12H2,1H3. The number of hydrogen-bond acceptors (Lipinski definition) is 2. The fourth-order valence-electron chi connectivity index (χ4n) is 4.35. The topological polar surface area (TPSA) is 23.5 Å². The largest absolute Gasteiger partial charge is 0.393 e. The first kappa shape index (κ1) is 12.9. The highest BCUT2D eigenvalue weighted by Gasteiger charge is 2.46. The van der Waals surface area contributed by atoms with Crippen molar-refractivity contribution in [2.24, 2.45) is 11.3 Å². The predicted molar refractivity (Wildman–Crippen MR) is 74.5 cm³/mol. The van der Waals surface area contributed by atoms with Gasteiger partial charge in [0.1, 0.15) is 0 Å². The fraction of sp³-hybridized carbons (Fsp3) is 1.00. The van der Waals surface area contributed by atoms with Crippen LogP contribution in [0, 0.1) is 11.3 Å². The zero-order valence-electron chi connectivity index (χ0n) is 11.9. The second-order valence-corrected chi connectivity index (χ2v) is 7.12. The van der Waals surface area contributed by atoms with Gasteiger partial charge in [-0.1, -0.05) is 13.3 Å². The Labute approximate surface area is 112 Å². The van der Waals surface area contributed by atoms with Crippen LogP contribution in [-0.2, 0) is 0 Å². The lowest BCUT2D eigenvalue weighted by Crippen LogP contribution is -2.49.